The Labute approximate surface area is 137 Å². The fourth-order valence-electron chi connectivity index (χ4n) is 2.20. The number of carbonyl (C=O) groups is 1. The van der Waals surface area contributed by atoms with Gasteiger partial charge in [0.1, 0.15) is 0 Å². The molecule has 0 fully saturated rings. The number of aromatic nitrogens is 2. The molecule has 3 rings (SSSR count). The van der Waals surface area contributed by atoms with E-state index < -0.39 is 4.05 Å². The summed E-state index contributed by atoms with van der Waals surface area (Å²) >= 11 is 9.15. The summed E-state index contributed by atoms with van der Waals surface area (Å²) in [5.41, 5.74) is 0.595. The summed E-state index contributed by atoms with van der Waals surface area (Å²) in [7, 11) is 0. The van der Waals surface area contributed by atoms with Gasteiger partial charge in [0.25, 0.3) is 11.5 Å². The zero-order chi connectivity index (χ0) is 14.3. The van der Waals surface area contributed by atoms with E-state index in [9.17, 15) is 10.0 Å². The fraction of sp³-hybridized carbons (Fsp3) is 0.250. The Balaban J connectivity index is 2.00. The smallest absolute Gasteiger partial charge is 0.256 e. The Bertz CT molecular complexity index is 666. The van der Waals surface area contributed by atoms with Crippen molar-refractivity contribution in [3.8, 4) is 0 Å². The van der Waals surface area contributed by atoms with Crippen LogP contribution in [0.4, 0.5) is 0 Å². The van der Waals surface area contributed by atoms with Crippen molar-refractivity contribution in [1.29, 1.82) is 0 Å². The Morgan fingerprint density at radius 1 is 1.55 bits per heavy atom. The van der Waals surface area contributed by atoms with Crippen LogP contribution in [-0.2, 0) is 6.42 Å². The summed E-state index contributed by atoms with van der Waals surface area (Å²) in [6.07, 6.45) is 3.69. The molecule has 8 heteroatoms. The molecule has 0 bridgehead atoms. The molecular formula is C12H10ClIN3O2S+. The average molecular weight is 423 g/mol. The van der Waals surface area contributed by atoms with Crippen LogP contribution >= 0.6 is 45.5 Å². The van der Waals surface area contributed by atoms with Gasteiger partial charge in [0, 0.05) is 23.2 Å². The first kappa shape index (κ1) is 14.3. The normalized spacial score (nSPS) is 22.9. The molecule has 0 amide bonds. The first-order valence-electron chi connectivity index (χ1n) is 5.84. The standard InChI is InChI=1S/C12H10ClIN3O2S/c13-12-15-6-7(20-12)5-9-16-4-2-1-3-8(16)10(18)11(14)17(9)19/h1-4,6,9,11,19H,5H2/q+1. The predicted octanol–water partition coefficient (Wildman–Crippen LogP) is 2.47. The molecule has 0 saturated carbocycles. The number of halogens is 2. The third-order valence-electron chi connectivity index (χ3n) is 3.13. The molecule has 0 aliphatic carbocycles. The highest BCUT2D eigenvalue weighted by atomic mass is 127. The number of pyridine rings is 1. The van der Waals surface area contributed by atoms with Crippen molar-refractivity contribution in [2.75, 3.05) is 0 Å². The van der Waals surface area contributed by atoms with Gasteiger partial charge in [-0.1, -0.05) is 34.2 Å². The molecule has 104 valence electrons. The number of fused-ring (bicyclic) bond motifs is 1. The van der Waals surface area contributed by atoms with Gasteiger partial charge >= 0.3 is 0 Å². The van der Waals surface area contributed by atoms with Crippen LogP contribution in [0.2, 0.25) is 4.47 Å². The number of Topliss-reactive ketones (excluding diaryl/α,β-unsaturated/α-hetero) is 1. The number of ketones is 1. The average Bonchev–Trinajstić information content (AvgIpc) is 2.86. The Hall–Kier alpha value is -0.610. The van der Waals surface area contributed by atoms with Crippen molar-refractivity contribution in [3.63, 3.8) is 0 Å². The molecule has 0 radical (unpaired) electrons. The van der Waals surface area contributed by atoms with Crippen molar-refractivity contribution in [3.05, 3.63) is 45.6 Å². The summed E-state index contributed by atoms with van der Waals surface area (Å²) in [5.74, 6) is -0.104. The summed E-state index contributed by atoms with van der Waals surface area (Å²) in [4.78, 5) is 17.1. The number of alkyl halides is 1. The van der Waals surface area contributed by atoms with E-state index in [0.29, 0.717) is 16.6 Å². The zero-order valence-corrected chi connectivity index (χ0v) is 13.8. The summed E-state index contributed by atoms with van der Waals surface area (Å²) in [6.45, 7) is 0. The van der Waals surface area contributed by atoms with Crippen LogP contribution in [0, 0.1) is 0 Å². The Kier molecular flexibility index (Phi) is 4.04. The number of rotatable bonds is 2. The monoisotopic (exact) mass is 422 g/mol. The molecule has 0 aromatic carbocycles. The molecular weight excluding hydrogens is 413 g/mol. The van der Waals surface area contributed by atoms with Gasteiger partial charge in [-0.25, -0.2) is 4.98 Å². The van der Waals surface area contributed by atoms with E-state index in [0.717, 1.165) is 9.94 Å². The number of hydrogen-bond donors (Lipinski definition) is 1. The molecule has 1 aliphatic rings. The maximum absolute atomic E-state index is 12.2. The number of carbonyl (C=O) groups excluding carboxylic acids is 1. The lowest BCUT2D eigenvalue weighted by atomic mass is 10.1. The lowest BCUT2D eigenvalue weighted by molar-refractivity contribution is -0.761. The van der Waals surface area contributed by atoms with Crippen LogP contribution in [0.15, 0.2) is 30.6 Å². The van der Waals surface area contributed by atoms with E-state index in [4.69, 9.17) is 11.6 Å². The minimum Gasteiger partial charge on any atom is -0.307 e. The van der Waals surface area contributed by atoms with Gasteiger partial charge in [-0.3, -0.25) is 4.79 Å². The van der Waals surface area contributed by atoms with Crippen LogP contribution in [0.25, 0.3) is 0 Å². The second-order valence-corrected chi connectivity index (χ2v) is 7.21. The molecule has 1 N–H and O–H groups in total. The largest absolute Gasteiger partial charge is 0.307 e. The molecule has 2 unspecified atom stereocenters. The predicted molar refractivity (Wildman–Crippen MR) is 82.3 cm³/mol. The number of hydroxylamine groups is 2. The van der Waals surface area contributed by atoms with Crippen molar-refractivity contribution in [1.82, 2.24) is 10.0 Å². The van der Waals surface area contributed by atoms with E-state index in [1.54, 1.807) is 23.0 Å². The maximum Gasteiger partial charge on any atom is 0.256 e. The van der Waals surface area contributed by atoms with E-state index in [-0.39, 0.29) is 11.9 Å². The first-order valence-corrected chi connectivity index (χ1v) is 8.28. The van der Waals surface area contributed by atoms with Crippen molar-refractivity contribution >= 4 is 51.3 Å². The summed E-state index contributed by atoms with van der Waals surface area (Å²) in [5, 5.41) is 11.3. The molecule has 0 spiro atoms. The van der Waals surface area contributed by atoms with Crippen molar-refractivity contribution in [2.45, 2.75) is 16.6 Å². The van der Waals surface area contributed by atoms with Gasteiger partial charge in [0.15, 0.2) is 14.7 Å². The zero-order valence-electron chi connectivity index (χ0n) is 10.1. The third-order valence-corrected chi connectivity index (χ3v) is 5.40. The van der Waals surface area contributed by atoms with E-state index in [1.807, 2.05) is 34.7 Å². The molecule has 3 heterocycles. The first-order chi connectivity index (χ1) is 9.58. The van der Waals surface area contributed by atoms with Crippen molar-refractivity contribution in [2.24, 2.45) is 0 Å². The van der Waals surface area contributed by atoms with Crippen LogP contribution in [0.3, 0.4) is 0 Å². The summed E-state index contributed by atoms with van der Waals surface area (Å²) in [6, 6.07) is 5.43. The van der Waals surface area contributed by atoms with Gasteiger partial charge < -0.3 is 5.21 Å². The number of hydrogen-bond acceptors (Lipinski definition) is 5. The molecule has 0 saturated heterocycles. The fourth-order valence-corrected chi connectivity index (χ4v) is 3.89. The highest BCUT2D eigenvalue weighted by Gasteiger charge is 2.44. The molecule has 1 aliphatic heterocycles. The van der Waals surface area contributed by atoms with Gasteiger partial charge in [-0.2, -0.15) is 4.57 Å². The lowest BCUT2D eigenvalue weighted by Gasteiger charge is -2.29. The molecule has 20 heavy (non-hydrogen) atoms. The molecule has 2 aromatic rings. The second kappa shape index (κ2) is 5.64. The minimum atomic E-state index is -0.594. The SMILES string of the molecule is O=C1c2cccc[n+]2C(Cc2cnc(Cl)s2)N(O)C1I. The van der Waals surface area contributed by atoms with Gasteiger partial charge in [-0.15, -0.1) is 16.4 Å². The molecule has 2 atom stereocenters. The minimum absolute atomic E-state index is 0.104. The van der Waals surface area contributed by atoms with Crippen LogP contribution in [0.5, 0.6) is 0 Å². The van der Waals surface area contributed by atoms with Gasteiger partial charge in [-0.05, 0) is 6.07 Å². The lowest BCUT2D eigenvalue weighted by Crippen LogP contribution is -2.61. The van der Waals surface area contributed by atoms with Crippen molar-refractivity contribution < 1.29 is 14.6 Å². The highest BCUT2D eigenvalue weighted by molar-refractivity contribution is 14.1. The number of nitrogens with zero attached hydrogens (tertiary/aromatic N) is 3. The molecule has 5 nitrogen and oxygen atoms in total. The number of thiazole rings is 1. The second-order valence-electron chi connectivity index (χ2n) is 4.34. The van der Waals surface area contributed by atoms with Crippen LogP contribution in [0.1, 0.15) is 21.5 Å². The highest BCUT2D eigenvalue weighted by Crippen LogP contribution is 2.27. The quantitative estimate of drug-likeness (QED) is 0.350. The topological polar surface area (TPSA) is 57.3 Å². The van der Waals surface area contributed by atoms with Gasteiger partial charge in [0.2, 0.25) is 6.17 Å². The Morgan fingerprint density at radius 2 is 2.35 bits per heavy atom. The van der Waals surface area contributed by atoms with E-state index in [2.05, 4.69) is 4.98 Å². The third kappa shape index (κ3) is 2.48. The van der Waals surface area contributed by atoms with E-state index in [1.165, 1.54) is 11.3 Å². The summed E-state index contributed by atoms with van der Waals surface area (Å²) < 4.78 is 1.66. The van der Waals surface area contributed by atoms with Crippen LogP contribution < -0.4 is 4.57 Å². The van der Waals surface area contributed by atoms with E-state index >= 15 is 0 Å². The molecule has 2 aromatic heterocycles. The van der Waals surface area contributed by atoms with Gasteiger partial charge in [0.05, 0.1) is 6.42 Å². The van der Waals surface area contributed by atoms with Crippen LogP contribution in [-0.4, -0.2) is 25.1 Å². The Morgan fingerprint density at radius 3 is 3.05 bits per heavy atom. The maximum atomic E-state index is 12.2.